The van der Waals surface area contributed by atoms with Crippen molar-refractivity contribution in [2.45, 2.75) is 76.0 Å². The van der Waals surface area contributed by atoms with E-state index in [4.69, 9.17) is 14.2 Å². The fourth-order valence-electron chi connectivity index (χ4n) is 9.15. The van der Waals surface area contributed by atoms with Crippen molar-refractivity contribution in [1.29, 1.82) is 0 Å². The summed E-state index contributed by atoms with van der Waals surface area (Å²) in [5.41, 5.74) is 0.349. The number of hydrogen-bond acceptors (Lipinski definition) is 18. The maximum Gasteiger partial charge on any atom is 0.437 e. The summed E-state index contributed by atoms with van der Waals surface area (Å²) in [7, 11) is 1.31. The number of carbonyl (C=O) groups is 7. The number of aliphatic carboxylic acids is 1. The Balaban J connectivity index is 1.01. The van der Waals surface area contributed by atoms with Crippen molar-refractivity contribution in [3.8, 4) is 0 Å². The molecule has 29 heteroatoms. The van der Waals surface area contributed by atoms with Crippen molar-refractivity contribution in [2.24, 2.45) is 16.8 Å². The molecule has 4 heterocycles. The Kier molecular flexibility index (Phi) is 17.1. The summed E-state index contributed by atoms with van der Waals surface area (Å²) in [6.45, 7) is 1.63. The van der Waals surface area contributed by atoms with Gasteiger partial charge in [-0.05, 0) is 72.9 Å². The molecule has 0 unspecified atom stereocenters. The van der Waals surface area contributed by atoms with Gasteiger partial charge in [0.2, 0.25) is 23.7 Å². The van der Waals surface area contributed by atoms with Crippen LogP contribution in [-0.2, 0) is 53.2 Å². The molecular weight excluding hydrogens is 1020 g/mol. The van der Waals surface area contributed by atoms with E-state index in [1.54, 1.807) is 6.92 Å². The number of alkyl carbamates (subject to hydrolysis) is 1. The lowest BCUT2D eigenvalue weighted by Gasteiger charge is -2.46. The topological polar surface area (TPSA) is 366 Å². The molecule has 0 radical (unpaired) electrons. The Bertz CT molecular complexity index is 2870. The number of benzene rings is 3. The highest BCUT2D eigenvalue weighted by Crippen LogP contribution is 2.52. The number of ether oxygens (including phenoxy) is 3. The van der Waals surface area contributed by atoms with Crippen LogP contribution in [0.15, 0.2) is 88.4 Å². The molecule has 7 rings (SSSR count). The summed E-state index contributed by atoms with van der Waals surface area (Å²) in [5.74, 6) is -4.88. The second-order valence-electron chi connectivity index (χ2n) is 18.1. The lowest BCUT2D eigenvalue weighted by molar-refractivity contribution is -0.385. The minimum atomic E-state index is -1.35. The first-order valence-corrected chi connectivity index (χ1v) is 24.2. The number of β-lactam (4-membered cyclic amide) rings is 1. The fraction of sp³-hybridized carbons (Fsp3) is 0.404. The highest BCUT2D eigenvalue weighted by molar-refractivity contribution is 8.03. The number of nitrogens with one attached hydrogen (secondary N) is 2. The van der Waals surface area contributed by atoms with Crippen LogP contribution >= 0.6 is 11.8 Å². The molecule has 0 saturated carbocycles. The van der Waals surface area contributed by atoms with Gasteiger partial charge in [-0.3, -0.25) is 54.9 Å². The minimum Gasteiger partial charge on any atom is -0.477 e. The quantitative estimate of drug-likeness (QED) is 0.0374. The van der Waals surface area contributed by atoms with Crippen LogP contribution < -0.4 is 10.6 Å². The molecule has 4 N–H and O–H groups in total. The molecule has 7 atom stereocenters. The second-order valence-corrected chi connectivity index (χ2v) is 19.5. The Hall–Kier alpha value is -8.73. The van der Waals surface area contributed by atoms with E-state index in [1.807, 2.05) is 0 Å². The SMILES string of the molecule is C[C@@H](O)[C@H]1C(=O)N2C(C(=O)O)=C(S[C@H]3C[C@@H](C(=O)N4CC[C@H](NC(=O)CN(C)C(=NC(=O)OCc5ccc([N+](=O)[O-])cc5)NC(=O)OCc5ccc([N+](=O)[O-])cc5)C4)N(C(=O)OCc4ccc([N+](=O)[O-])cc4)C3)[C@H](C)[C@H]12. The van der Waals surface area contributed by atoms with Crippen molar-refractivity contribution in [2.75, 3.05) is 33.2 Å². The van der Waals surface area contributed by atoms with Crippen LogP contribution in [0, 0.1) is 42.2 Å². The van der Waals surface area contributed by atoms with E-state index in [1.165, 1.54) is 101 Å². The zero-order chi connectivity index (χ0) is 55.1. The van der Waals surface area contributed by atoms with Crippen LogP contribution in [0.4, 0.5) is 31.4 Å². The zero-order valence-electron chi connectivity index (χ0n) is 40.7. The van der Waals surface area contributed by atoms with Crippen LogP contribution in [0.25, 0.3) is 0 Å². The average Bonchev–Trinajstić information content (AvgIpc) is 4.17. The number of nitro benzene ring substituents is 3. The van der Waals surface area contributed by atoms with Gasteiger partial charge in [-0.1, -0.05) is 6.92 Å². The summed E-state index contributed by atoms with van der Waals surface area (Å²) in [4.78, 5) is 134. The number of carboxylic acid groups (broad SMARTS) is 1. The Morgan fingerprint density at radius 1 is 0.829 bits per heavy atom. The number of likely N-dealkylation sites (tertiary alicyclic amines) is 2. The summed E-state index contributed by atoms with van der Waals surface area (Å²) < 4.78 is 16.0. The van der Waals surface area contributed by atoms with E-state index in [0.29, 0.717) is 21.6 Å². The number of aliphatic hydroxyl groups excluding tert-OH is 1. The first-order chi connectivity index (χ1) is 36.1. The third-order valence-electron chi connectivity index (χ3n) is 12.9. The van der Waals surface area contributed by atoms with E-state index in [-0.39, 0.29) is 75.1 Å². The Morgan fingerprint density at radius 2 is 1.36 bits per heavy atom. The number of fused-ring (bicyclic) bond motifs is 1. The molecule has 4 aliphatic heterocycles. The lowest BCUT2D eigenvalue weighted by Crippen LogP contribution is -2.63. The highest BCUT2D eigenvalue weighted by Gasteiger charge is 2.60. The molecule has 6 amide bonds. The molecular formula is C47H50N10O18S. The van der Waals surface area contributed by atoms with Gasteiger partial charge in [-0.25, -0.2) is 19.2 Å². The number of carbonyl (C=O) groups excluding carboxylic acids is 6. The monoisotopic (exact) mass is 1070 g/mol. The number of carboxylic acids is 1. The number of amides is 6. The largest absolute Gasteiger partial charge is 0.477 e. The summed E-state index contributed by atoms with van der Waals surface area (Å²) >= 11 is 1.12. The molecule has 3 aromatic rings. The van der Waals surface area contributed by atoms with E-state index in [0.717, 1.165) is 16.7 Å². The van der Waals surface area contributed by atoms with E-state index < -0.39 is 111 Å². The molecule has 0 spiro atoms. The first kappa shape index (κ1) is 55.0. The van der Waals surface area contributed by atoms with Gasteiger partial charge in [-0.2, -0.15) is 0 Å². The number of likely N-dealkylation sites (N-methyl/N-ethyl adjacent to an activating group) is 1. The van der Waals surface area contributed by atoms with Crippen LogP contribution in [-0.4, -0.2) is 155 Å². The maximum atomic E-state index is 14.4. The van der Waals surface area contributed by atoms with Gasteiger partial charge in [-0.15, -0.1) is 16.8 Å². The predicted molar refractivity (Wildman–Crippen MR) is 262 cm³/mol. The number of aliphatic hydroxyl groups is 1. The van der Waals surface area contributed by atoms with Crippen LogP contribution in [0.3, 0.4) is 0 Å². The third-order valence-corrected chi connectivity index (χ3v) is 14.4. The zero-order valence-corrected chi connectivity index (χ0v) is 41.6. The number of thioether (sulfide) groups is 1. The summed E-state index contributed by atoms with van der Waals surface area (Å²) in [5, 5.41) is 58.3. The maximum absolute atomic E-state index is 14.4. The van der Waals surface area contributed by atoms with E-state index in [2.05, 4.69) is 15.6 Å². The second kappa shape index (κ2) is 23.6. The van der Waals surface area contributed by atoms with E-state index in [9.17, 15) is 74.1 Å². The van der Waals surface area contributed by atoms with Gasteiger partial charge in [0, 0.05) is 85.2 Å². The molecule has 0 bridgehead atoms. The van der Waals surface area contributed by atoms with Crippen molar-refractivity contribution >= 4 is 76.8 Å². The minimum absolute atomic E-state index is 0.0255. The molecule has 76 heavy (non-hydrogen) atoms. The van der Waals surface area contributed by atoms with E-state index >= 15 is 0 Å². The number of guanidine groups is 1. The predicted octanol–water partition coefficient (Wildman–Crippen LogP) is 3.65. The van der Waals surface area contributed by atoms with Gasteiger partial charge in [0.15, 0.2) is 0 Å². The number of non-ortho nitro benzene ring substituents is 3. The standard InChI is InChI=1S/C47H50N10O18S/c1-25-38-37(26(2)58)42(61)54(38)39(43(62)63)40(25)76-34-18-35(53(20-34)47(66)75-24-29-8-14-33(15-9-29)57(71)72)41(60)52-17-16-30(19-52)48-36(59)21-51(3)44(49-45(64)73-22-27-4-10-31(11-5-27)55(67)68)50-46(65)74-23-28-6-12-32(13-7-28)56(69)70/h4-15,25-26,30,34-35,37-38,58H,16-24H2,1-3H3,(H,48,59)(H,62,63)(H,49,50,64,65)/t25-,26-,30+,34+,35+,37-,38-/m1/s1. The Morgan fingerprint density at radius 3 is 1.87 bits per heavy atom. The van der Waals surface area contributed by atoms with Gasteiger partial charge in [0.1, 0.15) is 31.6 Å². The van der Waals surface area contributed by atoms with Gasteiger partial charge in [0.25, 0.3) is 17.1 Å². The van der Waals surface area contributed by atoms with Gasteiger partial charge < -0.3 is 44.4 Å². The third kappa shape index (κ3) is 12.8. The molecule has 0 aromatic heterocycles. The number of nitrogens with zero attached hydrogens (tertiary/aromatic N) is 8. The molecule has 4 aliphatic rings. The first-order valence-electron chi connectivity index (χ1n) is 23.4. The summed E-state index contributed by atoms with van der Waals surface area (Å²) in [6, 6.07) is 13.2. The molecule has 402 valence electrons. The number of nitro groups is 3. The van der Waals surface area contributed by atoms with Crippen LogP contribution in [0.1, 0.15) is 43.4 Å². The average molecular weight is 1080 g/mol. The Labute approximate surface area is 435 Å². The normalized spacial score (nSPS) is 21.2. The van der Waals surface area contributed by atoms with Crippen molar-refractivity contribution < 1.29 is 72.8 Å². The number of aliphatic imine (C=N–C) groups is 1. The van der Waals surface area contributed by atoms with Crippen molar-refractivity contribution in [1.82, 2.24) is 30.2 Å². The van der Waals surface area contributed by atoms with Crippen LogP contribution in [0.2, 0.25) is 0 Å². The number of hydrogen-bond donors (Lipinski definition) is 4. The molecule has 3 aromatic carbocycles. The smallest absolute Gasteiger partial charge is 0.437 e. The molecule has 3 fully saturated rings. The van der Waals surface area contributed by atoms with Crippen molar-refractivity contribution in [3.63, 3.8) is 0 Å². The van der Waals surface area contributed by atoms with Crippen molar-refractivity contribution in [3.05, 3.63) is 130 Å². The van der Waals surface area contributed by atoms with Gasteiger partial charge >= 0.3 is 24.2 Å². The lowest BCUT2D eigenvalue weighted by atomic mass is 9.79. The molecule has 28 nitrogen and oxygen atoms in total. The molecule has 3 saturated heterocycles. The number of rotatable bonds is 17. The fourth-order valence-corrected chi connectivity index (χ4v) is 10.7. The van der Waals surface area contributed by atoms with Crippen LogP contribution in [0.5, 0.6) is 0 Å². The van der Waals surface area contributed by atoms with Gasteiger partial charge in [0.05, 0.1) is 39.4 Å². The molecule has 0 aliphatic carbocycles. The summed E-state index contributed by atoms with van der Waals surface area (Å²) in [6.07, 6.45) is -4.04. The highest BCUT2D eigenvalue weighted by atomic mass is 32.2.